The lowest BCUT2D eigenvalue weighted by molar-refractivity contribution is -0.0458. The third kappa shape index (κ3) is 2.36. The van der Waals surface area contributed by atoms with Gasteiger partial charge in [0.15, 0.2) is 5.75 Å². The summed E-state index contributed by atoms with van der Waals surface area (Å²) < 4.78 is 18.0. The molecule has 5 rings (SSSR count). The molecular formula is C23H17NO4. The third-order valence-electron chi connectivity index (χ3n) is 4.95. The number of ether oxygens (including phenoxy) is 3. The predicted molar refractivity (Wildman–Crippen MR) is 106 cm³/mol. The minimum absolute atomic E-state index is 0.179. The number of pyridine rings is 1. The van der Waals surface area contributed by atoms with Gasteiger partial charge in [0.2, 0.25) is 5.75 Å². The molecule has 0 radical (unpaired) electrons. The lowest BCUT2D eigenvalue weighted by atomic mass is 9.97. The van der Waals surface area contributed by atoms with Crippen molar-refractivity contribution in [1.82, 2.24) is 4.98 Å². The molecule has 1 atom stereocenters. The van der Waals surface area contributed by atoms with Crippen LogP contribution in [0.5, 0.6) is 17.2 Å². The van der Waals surface area contributed by atoms with Crippen LogP contribution in [-0.4, -0.2) is 12.1 Å². The van der Waals surface area contributed by atoms with Gasteiger partial charge in [-0.15, -0.1) is 0 Å². The Hall–Kier alpha value is -3.73. The van der Waals surface area contributed by atoms with Crippen LogP contribution in [-0.2, 0) is 5.79 Å². The molecule has 1 N–H and O–H groups in total. The van der Waals surface area contributed by atoms with Crippen LogP contribution >= 0.6 is 0 Å². The van der Waals surface area contributed by atoms with Crippen LogP contribution in [0.2, 0.25) is 0 Å². The Kier molecular flexibility index (Phi) is 3.62. The number of para-hydroxylation sites is 1. The number of benzene rings is 3. The fourth-order valence-corrected chi connectivity index (χ4v) is 3.57. The van der Waals surface area contributed by atoms with Gasteiger partial charge in [-0.1, -0.05) is 42.5 Å². The number of rotatable bonds is 3. The van der Waals surface area contributed by atoms with Crippen molar-refractivity contribution >= 4 is 10.9 Å². The van der Waals surface area contributed by atoms with Crippen molar-refractivity contribution in [3.63, 3.8) is 0 Å². The van der Waals surface area contributed by atoms with Gasteiger partial charge in [-0.05, 0) is 36.4 Å². The summed E-state index contributed by atoms with van der Waals surface area (Å²) >= 11 is 0. The van der Waals surface area contributed by atoms with Crippen molar-refractivity contribution in [2.45, 2.75) is 5.79 Å². The largest absolute Gasteiger partial charge is 0.497 e. The summed E-state index contributed by atoms with van der Waals surface area (Å²) in [5, 5.41) is 0.795. The Labute approximate surface area is 161 Å². The molecule has 1 unspecified atom stereocenters. The second-order valence-electron chi connectivity index (χ2n) is 6.57. The Morgan fingerprint density at radius 3 is 2.18 bits per heavy atom. The third-order valence-corrected chi connectivity index (χ3v) is 4.95. The summed E-state index contributed by atoms with van der Waals surface area (Å²) in [7, 11) is 1.62. The van der Waals surface area contributed by atoms with E-state index in [9.17, 15) is 4.79 Å². The Bertz CT molecular complexity index is 1220. The Morgan fingerprint density at radius 2 is 1.43 bits per heavy atom. The molecule has 138 valence electrons. The second kappa shape index (κ2) is 6.16. The van der Waals surface area contributed by atoms with E-state index in [1.54, 1.807) is 7.11 Å². The van der Waals surface area contributed by atoms with Gasteiger partial charge >= 0.3 is 5.79 Å². The minimum atomic E-state index is -1.26. The second-order valence-corrected chi connectivity index (χ2v) is 6.57. The number of nitrogens with one attached hydrogen (secondary N) is 1. The lowest BCUT2D eigenvalue weighted by Gasteiger charge is -2.28. The number of H-pyrrole nitrogens is 1. The maximum Gasteiger partial charge on any atom is 0.305 e. The highest BCUT2D eigenvalue weighted by molar-refractivity contribution is 5.88. The molecule has 2 heterocycles. The van der Waals surface area contributed by atoms with Gasteiger partial charge in [0.1, 0.15) is 5.75 Å². The molecule has 3 aromatic carbocycles. The van der Waals surface area contributed by atoms with E-state index < -0.39 is 5.79 Å². The summed E-state index contributed by atoms with van der Waals surface area (Å²) in [6.07, 6.45) is 0. The first kappa shape index (κ1) is 16.4. The monoisotopic (exact) mass is 371 g/mol. The summed E-state index contributed by atoms with van der Waals surface area (Å²) in [4.78, 5) is 15.6. The average molecular weight is 371 g/mol. The Balaban J connectivity index is 1.75. The topological polar surface area (TPSA) is 60.5 Å². The average Bonchev–Trinajstić information content (AvgIpc) is 3.18. The van der Waals surface area contributed by atoms with Crippen LogP contribution < -0.4 is 19.8 Å². The van der Waals surface area contributed by atoms with Crippen LogP contribution in [0.15, 0.2) is 83.7 Å². The van der Waals surface area contributed by atoms with Crippen LogP contribution in [0.4, 0.5) is 0 Å². The zero-order valence-corrected chi connectivity index (χ0v) is 15.1. The smallest absolute Gasteiger partial charge is 0.305 e. The van der Waals surface area contributed by atoms with Gasteiger partial charge in [0.05, 0.1) is 12.6 Å². The van der Waals surface area contributed by atoms with Gasteiger partial charge < -0.3 is 19.2 Å². The van der Waals surface area contributed by atoms with Gasteiger partial charge in [0, 0.05) is 16.5 Å². The van der Waals surface area contributed by atoms with Crippen LogP contribution in [0.1, 0.15) is 11.1 Å². The number of fused-ring (bicyclic) bond motifs is 3. The number of aromatic amines is 1. The van der Waals surface area contributed by atoms with Crippen molar-refractivity contribution in [3.05, 3.63) is 100 Å². The fourth-order valence-electron chi connectivity index (χ4n) is 3.57. The van der Waals surface area contributed by atoms with E-state index in [4.69, 9.17) is 14.2 Å². The molecule has 0 spiro atoms. The fraction of sp³-hybridized carbons (Fsp3) is 0.0870. The molecular weight excluding hydrogens is 354 g/mol. The molecule has 1 aliphatic rings. The van der Waals surface area contributed by atoms with E-state index in [0.29, 0.717) is 11.3 Å². The molecule has 0 saturated carbocycles. The van der Waals surface area contributed by atoms with E-state index >= 15 is 0 Å². The zero-order valence-electron chi connectivity index (χ0n) is 15.1. The summed E-state index contributed by atoms with van der Waals surface area (Å²) in [6.45, 7) is 0. The summed E-state index contributed by atoms with van der Waals surface area (Å²) in [5.74, 6) is 0.0932. The minimum Gasteiger partial charge on any atom is -0.497 e. The molecule has 4 aromatic rings. The maximum absolute atomic E-state index is 12.7. The highest BCUT2D eigenvalue weighted by atomic mass is 16.7. The highest BCUT2D eigenvalue weighted by Gasteiger charge is 2.47. The van der Waals surface area contributed by atoms with Crippen molar-refractivity contribution in [2.75, 3.05) is 7.11 Å². The number of methoxy groups -OCH3 is 1. The van der Waals surface area contributed by atoms with Crippen LogP contribution in [0.3, 0.4) is 0 Å². The van der Waals surface area contributed by atoms with Crippen LogP contribution in [0.25, 0.3) is 10.9 Å². The first-order valence-electron chi connectivity index (χ1n) is 8.94. The molecule has 28 heavy (non-hydrogen) atoms. The SMILES string of the molecule is COc1ccc(C2(c3ccccc3)Oc3c(c4ccccc4[nH]c3=O)O2)cc1. The number of hydrogen-bond acceptors (Lipinski definition) is 4. The number of hydrogen-bond donors (Lipinski definition) is 1. The van der Waals surface area contributed by atoms with E-state index in [-0.39, 0.29) is 11.3 Å². The molecule has 0 amide bonds. The standard InChI is InChI=1S/C23H17NO4/c1-26-17-13-11-16(12-14-17)23(15-7-3-2-4-8-15)27-20-18-9-5-6-10-19(18)24-22(25)21(20)28-23/h2-14H,1H3,(H,24,25). The number of aromatic nitrogens is 1. The van der Waals surface area contributed by atoms with Crippen molar-refractivity contribution in [3.8, 4) is 17.2 Å². The molecule has 0 bridgehead atoms. The van der Waals surface area contributed by atoms with E-state index in [2.05, 4.69) is 4.98 Å². The molecule has 5 heteroatoms. The van der Waals surface area contributed by atoms with Crippen molar-refractivity contribution < 1.29 is 14.2 Å². The molecule has 0 fully saturated rings. The van der Waals surface area contributed by atoms with Gasteiger partial charge in [-0.2, -0.15) is 0 Å². The molecule has 0 aliphatic carbocycles. The van der Waals surface area contributed by atoms with E-state index in [1.165, 1.54) is 0 Å². The van der Waals surface area contributed by atoms with E-state index in [0.717, 1.165) is 22.3 Å². The van der Waals surface area contributed by atoms with Crippen molar-refractivity contribution in [2.24, 2.45) is 0 Å². The van der Waals surface area contributed by atoms with Gasteiger partial charge in [0.25, 0.3) is 5.56 Å². The zero-order chi connectivity index (χ0) is 19.1. The maximum atomic E-state index is 12.7. The quantitative estimate of drug-likeness (QED) is 0.586. The predicted octanol–water partition coefficient (Wildman–Crippen LogP) is 4.21. The first-order valence-corrected chi connectivity index (χ1v) is 8.94. The van der Waals surface area contributed by atoms with Crippen LogP contribution in [0, 0.1) is 0 Å². The molecule has 1 aliphatic heterocycles. The molecule has 0 saturated heterocycles. The molecule has 1 aromatic heterocycles. The normalized spacial score (nSPS) is 17.6. The first-order chi connectivity index (χ1) is 13.7. The van der Waals surface area contributed by atoms with E-state index in [1.807, 2.05) is 78.9 Å². The molecule has 5 nitrogen and oxygen atoms in total. The van der Waals surface area contributed by atoms with Gasteiger partial charge in [-0.25, -0.2) is 0 Å². The summed E-state index contributed by atoms with van der Waals surface area (Å²) in [5.41, 5.74) is 1.94. The highest BCUT2D eigenvalue weighted by Crippen LogP contribution is 2.48. The Morgan fingerprint density at radius 1 is 0.786 bits per heavy atom. The van der Waals surface area contributed by atoms with Gasteiger partial charge in [-0.3, -0.25) is 4.79 Å². The lowest BCUT2D eigenvalue weighted by Crippen LogP contribution is -2.37. The van der Waals surface area contributed by atoms with Crippen molar-refractivity contribution in [1.29, 1.82) is 0 Å². The summed E-state index contributed by atoms with van der Waals surface area (Å²) in [6, 6.07) is 24.6.